The molecule has 1 atom stereocenters. The van der Waals surface area contributed by atoms with E-state index in [4.69, 9.17) is 5.73 Å². The summed E-state index contributed by atoms with van der Waals surface area (Å²) in [6, 6.07) is 3.96. The summed E-state index contributed by atoms with van der Waals surface area (Å²) in [6.45, 7) is 4.04. The first-order chi connectivity index (χ1) is 13.5. The number of rotatable bonds is 6. The number of carbonyl (C=O) groups is 1. The summed E-state index contributed by atoms with van der Waals surface area (Å²) in [4.78, 5) is 17.4. The number of amides is 1. The van der Waals surface area contributed by atoms with Gasteiger partial charge in [0.25, 0.3) is 0 Å². The Hall–Kier alpha value is -0.630. The van der Waals surface area contributed by atoms with Gasteiger partial charge in [0.05, 0.1) is 6.04 Å². The number of nitrogens with zero attached hydrogens (tertiary/aromatic N) is 2. The SMILES string of the molecule is N[C@@H](Cc1cc(CBr)c(O)c(CBr)c1)C(=O)N1CCC(N2CCCCC2)CC1. The Morgan fingerprint density at radius 1 is 1.07 bits per heavy atom. The van der Waals surface area contributed by atoms with Gasteiger partial charge >= 0.3 is 0 Å². The predicted octanol–water partition coefficient (Wildman–Crippen LogP) is 3.53. The number of hydrogen-bond donors (Lipinski definition) is 2. The highest BCUT2D eigenvalue weighted by atomic mass is 79.9. The van der Waals surface area contributed by atoms with Crippen LogP contribution in [0.4, 0.5) is 0 Å². The van der Waals surface area contributed by atoms with Gasteiger partial charge in [-0.05, 0) is 50.8 Å². The van der Waals surface area contributed by atoms with Crippen LogP contribution in [-0.2, 0) is 21.9 Å². The van der Waals surface area contributed by atoms with Crippen molar-refractivity contribution in [1.29, 1.82) is 0 Å². The molecule has 7 heteroatoms. The number of carbonyl (C=O) groups excluding carboxylic acids is 1. The molecule has 156 valence electrons. The lowest BCUT2D eigenvalue weighted by Gasteiger charge is -2.40. The average Bonchev–Trinajstić information content (AvgIpc) is 2.75. The Labute approximate surface area is 184 Å². The zero-order valence-corrected chi connectivity index (χ0v) is 19.5. The lowest BCUT2D eigenvalue weighted by atomic mass is 9.97. The Morgan fingerprint density at radius 2 is 1.64 bits per heavy atom. The minimum atomic E-state index is -0.539. The maximum absolute atomic E-state index is 12.9. The highest BCUT2D eigenvalue weighted by Gasteiger charge is 2.29. The number of phenols is 1. The lowest BCUT2D eigenvalue weighted by Crippen LogP contribution is -2.52. The van der Waals surface area contributed by atoms with E-state index in [0.717, 1.165) is 42.6 Å². The summed E-state index contributed by atoms with van der Waals surface area (Å²) >= 11 is 6.83. The maximum atomic E-state index is 12.9. The van der Waals surface area contributed by atoms with Gasteiger partial charge in [-0.25, -0.2) is 0 Å². The van der Waals surface area contributed by atoms with E-state index in [-0.39, 0.29) is 5.91 Å². The topological polar surface area (TPSA) is 69.8 Å². The molecule has 2 saturated heterocycles. The van der Waals surface area contributed by atoms with Gasteiger partial charge in [0.2, 0.25) is 5.91 Å². The van der Waals surface area contributed by atoms with E-state index in [1.807, 2.05) is 17.0 Å². The van der Waals surface area contributed by atoms with Crippen molar-refractivity contribution in [3.05, 3.63) is 28.8 Å². The predicted molar refractivity (Wildman–Crippen MR) is 120 cm³/mol. The molecule has 0 aliphatic carbocycles. The monoisotopic (exact) mass is 515 g/mol. The second kappa shape index (κ2) is 10.4. The smallest absolute Gasteiger partial charge is 0.239 e. The van der Waals surface area contributed by atoms with Crippen molar-refractivity contribution in [1.82, 2.24) is 9.80 Å². The number of alkyl halides is 2. The van der Waals surface area contributed by atoms with E-state index in [1.54, 1.807) is 0 Å². The second-order valence-corrected chi connectivity index (χ2v) is 9.12. The number of hydrogen-bond acceptors (Lipinski definition) is 4. The summed E-state index contributed by atoms with van der Waals surface area (Å²) < 4.78 is 0. The molecule has 3 N–H and O–H groups in total. The fourth-order valence-corrected chi connectivity index (χ4v) is 5.32. The van der Waals surface area contributed by atoms with Crippen LogP contribution in [0.1, 0.15) is 48.8 Å². The third kappa shape index (κ3) is 5.29. The van der Waals surface area contributed by atoms with Crippen molar-refractivity contribution in [2.24, 2.45) is 5.73 Å². The van der Waals surface area contributed by atoms with Crippen molar-refractivity contribution in [3.63, 3.8) is 0 Å². The molecule has 28 heavy (non-hydrogen) atoms. The van der Waals surface area contributed by atoms with Crippen molar-refractivity contribution >= 4 is 37.8 Å². The molecular weight excluding hydrogens is 486 g/mol. The fourth-order valence-electron chi connectivity index (χ4n) is 4.46. The molecule has 2 aliphatic rings. The number of likely N-dealkylation sites (tertiary alicyclic amines) is 2. The van der Waals surface area contributed by atoms with Gasteiger partial charge in [-0.2, -0.15) is 0 Å². The van der Waals surface area contributed by atoms with Crippen LogP contribution in [0.15, 0.2) is 12.1 Å². The molecule has 0 saturated carbocycles. The maximum Gasteiger partial charge on any atom is 0.239 e. The third-order valence-electron chi connectivity index (χ3n) is 6.07. The summed E-state index contributed by atoms with van der Waals surface area (Å²) in [5.74, 6) is 0.350. The van der Waals surface area contributed by atoms with E-state index in [1.165, 1.54) is 32.4 Å². The van der Waals surface area contributed by atoms with Gasteiger partial charge in [-0.3, -0.25) is 4.79 Å². The Kier molecular flexibility index (Phi) is 8.21. The van der Waals surface area contributed by atoms with Crippen molar-refractivity contribution < 1.29 is 9.90 Å². The molecule has 3 rings (SSSR count). The standard InChI is InChI=1S/C21H31Br2N3O2/c22-13-16-10-15(11-17(14-23)20(16)27)12-19(24)21(28)26-8-4-18(5-9-26)25-6-2-1-3-7-25/h10-11,18-19,27H,1-9,12-14,24H2/t19-/m0/s1. The van der Waals surface area contributed by atoms with E-state index in [0.29, 0.717) is 28.9 Å². The molecule has 0 spiro atoms. The molecule has 2 fully saturated rings. The molecule has 0 bridgehead atoms. The zero-order chi connectivity index (χ0) is 20.1. The van der Waals surface area contributed by atoms with Gasteiger partial charge in [0.15, 0.2) is 0 Å². The van der Waals surface area contributed by atoms with Gasteiger partial charge in [-0.15, -0.1) is 0 Å². The zero-order valence-electron chi connectivity index (χ0n) is 16.4. The summed E-state index contributed by atoms with van der Waals surface area (Å²) in [5, 5.41) is 11.4. The molecule has 1 amide bonds. The molecule has 1 aromatic rings. The minimum absolute atomic E-state index is 0.0472. The van der Waals surface area contributed by atoms with Crippen LogP contribution < -0.4 is 5.73 Å². The lowest BCUT2D eigenvalue weighted by molar-refractivity contribution is -0.134. The van der Waals surface area contributed by atoms with Crippen LogP contribution in [0, 0.1) is 0 Å². The van der Waals surface area contributed by atoms with E-state index in [9.17, 15) is 9.90 Å². The van der Waals surface area contributed by atoms with Crippen LogP contribution in [0.25, 0.3) is 0 Å². The van der Waals surface area contributed by atoms with Gasteiger partial charge < -0.3 is 20.6 Å². The van der Waals surface area contributed by atoms with E-state index < -0.39 is 6.04 Å². The van der Waals surface area contributed by atoms with Crippen LogP contribution >= 0.6 is 31.9 Å². The first-order valence-electron chi connectivity index (χ1n) is 10.3. The largest absolute Gasteiger partial charge is 0.507 e. The quantitative estimate of drug-likeness (QED) is 0.567. The number of phenolic OH excluding ortho intramolecular Hbond substituents is 1. The number of benzene rings is 1. The van der Waals surface area contributed by atoms with Crippen LogP contribution in [0.5, 0.6) is 5.75 Å². The van der Waals surface area contributed by atoms with Crippen LogP contribution in [-0.4, -0.2) is 59.1 Å². The first kappa shape index (κ1) is 22.1. The molecule has 0 radical (unpaired) electrons. The summed E-state index contributed by atoms with van der Waals surface area (Å²) in [6.07, 6.45) is 6.57. The molecule has 5 nitrogen and oxygen atoms in total. The van der Waals surface area contributed by atoms with Gasteiger partial charge in [0.1, 0.15) is 5.75 Å². The number of piperidine rings is 2. The number of aromatic hydroxyl groups is 1. The summed E-state index contributed by atoms with van der Waals surface area (Å²) in [5.41, 5.74) is 8.94. The van der Waals surface area contributed by atoms with E-state index in [2.05, 4.69) is 36.8 Å². The van der Waals surface area contributed by atoms with Crippen molar-refractivity contribution in [2.75, 3.05) is 26.2 Å². The van der Waals surface area contributed by atoms with Gasteiger partial charge in [0, 0.05) is 40.9 Å². The highest BCUT2D eigenvalue weighted by Crippen LogP contribution is 2.29. The third-order valence-corrected chi connectivity index (χ3v) is 7.28. The first-order valence-corrected chi connectivity index (χ1v) is 12.5. The van der Waals surface area contributed by atoms with E-state index >= 15 is 0 Å². The average molecular weight is 517 g/mol. The Balaban J connectivity index is 1.56. The number of nitrogens with two attached hydrogens (primary N) is 1. The molecule has 1 aromatic carbocycles. The molecule has 2 aliphatic heterocycles. The van der Waals surface area contributed by atoms with Crippen molar-refractivity contribution in [2.45, 2.75) is 61.3 Å². The second-order valence-electron chi connectivity index (χ2n) is 7.99. The molecule has 0 unspecified atom stereocenters. The highest BCUT2D eigenvalue weighted by molar-refractivity contribution is 9.08. The number of halogens is 2. The minimum Gasteiger partial charge on any atom is -0.507 e. The molecular formula is C21H31Br2N3O2. The van der Waals surface area contributed by atoms with Crippen LogP contribution in [0.3, 0.4) is 0 Å². The Bertz CT molecular complexity index is 647. The summed E-state index contributed by atoms with van der Waals surface area (Å²) in [7, 11) is 0. The van der Waals surface area contributed by atoms with Crippen LogP contribution in [0.2, 0.25) is 0 Å². The normalized spacial score (nSPS) is 20.3. The fraction of sp³-hybridized carbons (Fsp3) is 0.667. The Morgan fingerprint density at radius 3 is 2.18 bits per heavy atom. The van der Waals surface area contributed by atoms with Gasteiger partial charge in [-0.1, -0.05) is 50.4 Å². The molecule has 0 aromatic heterocycles. The molecule has 2 heterocycles. The van der Waals surface area contributed by atoms with Crippen molar-refractivity contribution in [3.8, 4) is 5.75 Å².